The van der Waals surface area contributed by atoms with Crippen LogP contribution in [0.15, 0.2) is 30.3 Å². The van der Waals surface area contributed by atoms with Crippen LogP contribution in [0.2, 0.25) is 0 Å². The van der Waals surface area contributed by atoms with Gasteiger partial charge in [0, 0.05) is 6.54 Å². The summed E-state index contributed by atoms with van der Waals surface area (Å²) in [5, 5.41) is 10.2. The van der Waals surface area contributed by atoms with Crippen molar-refractivity contribution >= 4 is 0 Å². The van der Waals surface area contributed by atoms with Crippen molar-refractivity contribution in [3.05, 3.63) is 35.9 Å². The Morgan fingerprint density at radius 2 is 1.79 bits per heavy atom. The first-order chi connectivity index (χ1) is 6.52. The van der Waals surface area contributed by atoms with Gasteiger partial charge in [-0.2, -0.15) is 0 Å². The molecule has 0 aliphatic rings. The molecule has 1 rings (SSSR count). The summed E-state index contributed by atoms with van der Waals surface area (Å²) < 4.78 is 0. The Bertz CT molecular complexity index is 267. The van der Waals surface area contributed by atoms with Crippen molar-refractivity contribution in [2.45, 2.75) is 18.9 Å². The van der Waals surface area contributed by atoms with Gasteiger partial charge in [0.15, 0.2) is 0 Å². The molecule has 0 saturated heterocycles. The summed E-state index contributed by atoms with van der Waals surface area (Å²) in [7, 11) is 4.03. The van der Waals surface area contributed by atoms with E-state index >= 15 is 0 Å². The minimum atomic E-state index is -0.717. The summed E-state index contributed by atoms with van der Waals surface area (Å²) in [5.41, 5.74) is 0.271. The topological polar surface area (TPSA) is 23.5 Å². The summed E-state index contributed by atoms with van der Waals surface area (Å²) in [6.45, 7) is 2.76. The van der Waals surface area contributed by atoms with Crippen LogP contribution in [0, 0.1) is 0 Å². The first-order valence-corrected chi connectivity index (χ1v) is 4.95. The van der Waals surface area contributed by atoms with Gasteiger partial charge in [0.25, 0.3) is 0 Å². The number of aliphatic hydroxyl groups is 1. The van der Waals surface area contributed by atoms with Crippen LogP contribution in [0.5, 0.6) is 0 Å². The first kappa shape index (κ1) is 11.2. The molecular weight excluding hydrogens is 174 g/mol. The summed E-state index contributed by atoms with van der Waals surface area (Å²) in [4.78, 5) is 2.08. The lowest BCUT2D eigenvalue weighted by atomic mass is 9.92. The third-order valence-electron chi connectivity index (χ3n) is 2.44. The van der Waals surface area contributed by atoms with E-state index in [2.05, 4.69) is 4.90 Å². The number of nitrogens with zero attached hydrogens (tertiary/aromatic N) is 1. The van der Waals surface area contributed by atoms with E-state index in [1.54, 1.807) is 0 Å². The van der Waals surface area contributed by atoms with Gasteiger partial charge in [-0.15, -0.1) is 0 Å². The van der Waals surface area contributed by atoms with Crippen molar-refractivity contribution in [2.24, 2.45) is 0 Å². The maximum Gasteiger partial charge on any atom is 0.0880 e. The summed E-state index contributed by atoms with van der Waals surface area (Å²) in [5.74, 6) is 0. The molecule has 0 aromatic heterocycles. The molecule has 2 heteroatoms. The second-order valence-electron chi connectivity index (χ2n) is 4.19. The highest BCUT2D eigenvalue weighted by molar-refractivity contribution is 5.21. The zero-order chi connectivity index (χ0) is 10.6. The molecule has 0 radical (unpaired) electrons. The average Bonchev–Trinajstić information content (AvgIpc) is 2.16. The van der Waals surface area contributed by atoms with Gasteiger partial charge in [-0.05, 0) is 33.0 Å². The average molecular weight is 193 g/mol. The van der Waals surface area contributed by atoms with E-state index in [-0.39, 0.29) is 0 Å². The Labute approximate surface area is 86.2 Å². The van der Waals surface area contributed by atoms with E-state index in [0.29, 0.717) is 0 Å². The van der Waals surface area contributed by atoms with E-state index in [9.17, 15) is 5.11 Å². The van der Waals surface area contributed by atoms with Crippen molar-refractivity contribution in [1.29, 1.82) is 0 Å². The van der Waals surface area contributed by atoms with Crippen LogP contribution in [0.3, 0.4) is 0 Å². The Hall–Kier alpha value is -0.860. The lowest BCUT2D eigenvalue weighted by Gasteiger charge is -2.25. The second kappa shape index (κ2) is 4.58. The molecule has 1 aromatic rings. The maximum absolute atomic E-state index is 10.2. The van der Waals surface area contributed by atoms with E-state index in [1.807, 2.05) is 51.4 Å². The largest absolute Gasteiger partial charge is 0.385 e. The van der Waals surface area contributed by atoms with Gasteiger partial charge < -0.3 is 10.0 Å². The van der Waals surface area contributed by atoms with E-state index in [4.69, 9.17) is 0 Å². The van der Waals surface area contributed by atoms with Crippen LogP contribution in [0.25, 0.3) is 0 Å². The standard InChI is InChI=1S/C12H19NO/c1-12(14,9-10-13(2)3)11-7-5-4-6-8-11/h4-8,14H,9-10H2,1-3H3/t12-/m1/s1. The Kier molecular flexibility index (Phi) is 3.67. The van der Waals surface area contributed by atoms with Crippen LogP contribution in [-0.2, 0) is 5.60 Å². The van der Waals surface area contributed by atoms with Gasteiger partial charge >= 0.3 is 0 Å². The van der Waals surface area contributed by atoms with Crippen LogP contribution >= 0.6 is 0 Å². The number of hydrogen-bond acceptors (Lipinski definition) is 2. The van der Waals surface area contributed by atoms with Crippen LogP contribution in [0.1, 0.15) is 18.9 Å². The number of hydrogen-bond donors (Lipinski definition) is 1. The molecule has 1 aromatic carbocycles. The highest BCUT2D eigenvalue weighted by Gasteiger charge is 2.22. The van der Waals surface area contributed by atoms with Crippen molar-refractivity contribution in [3.63, 3.8) is 0 Å². The van der Waals surface area contributed by atoms with Crippen LogP contribution < -0.4 is 0 Å². The highest BCUT2D eigenvalue weighted by Crippen LogP contribution is 2.23. The van der Waals surface area contributed by atoms with Gasteiger partial charge in [0.1, 0.15) is 0 Å². The van der Waals surface area contributed by atoms with Crippen LogP contribution in [0.4, 0.5) is 0 Å². The zero-order valence-corrected chi connectivity index (χ0v) is 9.20. The molecule has 0 amide bonds. The monoisotopic (exact) mass is 193 g/mol. The second-order valence-corrected chi connectivity index (χ2v) is 4.19. The quantitative estimate of drug-likeness (QED) is 0.788. The molecule has 0 fully saturated rings. The highest BCUT2D eigenvalue weighted by atomic mass is 16.3. The van der Waals surface area contributed by atoms with Gasteiger partial charge in [-0.3, -0.25) is 0 Å². The molecule has 2 nitrogen and oxygen atoms in total. The van der Waals surface area contributed by atoms with Crippen molar-refractivity contribution in [1.82, 2.24) is 4.90 Å². The fourth-order valence-corrected chi connectivity index (χ4v) is 1.38. The Morgan fingerprint density at radius 1 is 1.21 bits per heavy atom. The van der Waals surface area contributed by atoms with Gasteiger partial charge in [0.05, 0.1) is 5.60 Å². The van der Waals surface area contributed by atoms with E-state index < -0.39 is 5.60 Å². The third-order valence-corrected chi connectivity index (χ3v) is 2.44. The maximum atomic E-state index is 10.2. The van der Waals surface area contributed by atoms with Crippen molar-refractivity contribution in [2.75, 3.05) is 20.6 Å². The third kappa shape index (κ3) is 3.13. The number of rotatable bonds is 4. The lowest BCUT2D eigenvalue weighted by Crippen LogP contribution is -2.27. The molecule has 1 atom stereocenters. The number of benzene rings is 1. The molecular formula is C12H19NO. The Morgan fingerprint density at radius 3 is 2.29 bits per heavy atom. The molecule has 0 bridgehead atoms. The van der Waals surface area contributed by atoms with Crippen LogP contribution in [-0.4, -0.2) is 30.6 Å². The molecule has 1 N–H and O–H groups in total. The zero-order valence-electron chi connectivity index (χ0n) is 9.20. The van der Waals surface area contributed by atoms with E-state index in [0.717, 1.165) is 18.5 Å². The predicted octanol–water partition coefficient (Wildman–Crippen LogP) is 1.85. The van der Waals surface area contributed by atoms with Gasteiger partial charge in [-0.25, -0.2) is 0 Å². The molecule has 78 valence electrons. The normalized spacial score (nSPS) is 15.5. The predicted molar refractivity (Wildman–Crippen MR) is 59.2 cm³/mol. The van der Waals surface area contributed by atoms with Gasteiger partial charge in [0.2, 0.25) is 0 Å². The summed E-state index contributed by atoms with van der Waals surface area (Å²) in [6.07, 6.45) is 0.754. The summed E-state index contributed by atoms with van der Waals surface area (Å²) >= 11 is 0. The fraction of sp³-hybridized carbons (Fsp3) is 0.500. The fourth-order valence-electron chi connectivity index (χ4n) is 1.38. The summed E-state index contributed by atoms with van der Waals surface area (Å²) in [6, 6.07) is 9.82. The molecule has 0 heterocycles. The smallest absolute Gasteiger partial charge is 0.0880 e. The van der Waals surface area contributed by atoms with Crippen molar-refractivity contribution < 1.29 is 5.11 Å². The lowest BCUT2D eigenvalue weighted by molar-refractivity contribution is 0.0405. The molecule has 14 heavy (non-hydrogen) atoms. The molecule has 0 aliphatic heterocycles. The Balaban J connectivity index is 2.66. The molecule has 0 saturated carbocycles. The minimum absolute atomic E-state index is 0.717. The van der Waals surface area contributed by atoms with Crippen molar-refractivity contribution in [3.8, 4) is 0 Å². The minimum Gasteiger partial charge on any atom is -0.385 e. The van der Waals surface area contributed by atoms with E-state index in [1.165, 1.54) is 0 Å². The SMILES string of the molecule is CN(C)CC[C@@](C)(O)c1ccccc1. The molecule has 0 aliphatic carbocycles. The molecule has 0 spiro atoms. The van der Waals surface area contributed by atoms with Gasteiger partial charge in [-0.1, -0.05) is 30.3 Å². The molecule has 0 unspecified atom stereocenters. The first-order valence-electron chi connectivity index (χ1n) is 4.95.